The summed E-state index contributed by atoms with van der Waals surface area (Å²) < 4.78 is 5.19. The molecular weight excluding hydrogens is 316 g/mol. The molecule has 1 N–H and O–H groups in total. The van der Waals surface area contributed by atoms with E-state index < -0.39 is 11.8 Å². The minimum atomic E-state index is -1.09. The number of aromatic nitrogens is 2. The van der Waals surface area contributed by atoms with Crippen LogP contribution in [0.2, 0.25) is 5.15 Å². The molecule has 0 fully saturated rings. The summed E-state index contributed by atoms with van der Waals surface area (Å²) in [5, 5.41) is 12.1. The van der Waals surface area contributed by atoms with Crippen LogP contribution in [0.4, 0.5) is 0 Å². The van der Waals surface area contributed by atoms with Crippen molar-refractivity contribution in [3.05, 3.63) is 35.1 Å². The average Bonchev–Trinajstić information content (AvgIpc) is 2.55. The van der Waals surface area contributed by atoms with Crippen molar-refractivity contribution >= 4 is 28.5 Å². The summed E-state index contributed by atoms with van der Waals surface area (Å²) >= 11 is 6.10. The molecule has 0 aliphatic rings. The maximum absolute atomic E-state index is 12.2. The lowest BCUT2D eigenvalue weighted by molar-refractivity contribution is -0.121. The van der Waals surface area contributed by atoms with Crippen LogP contribution in [0.1, 0.15) is 25.0 Å². The van der Waals surface area contributed by atoms with Crippen molar-refractivity contribution in [2.45, 2.75) is 19.3 Å². The zero-order valence-electron chi connectivity index (χ0n) is 12.8. The number of carbonyl (C=O) groups excluding carboxylic acids is 1. The Morgan fingerprint density at radius 3 is 2.74 bits per heavy atom. The quantitative estimate of drug-likeness (QED) is 0.787. The number of nitrogens with zero attached hydrogens (tertiary/aromatic N) is 3. The highest BCUT2D eigenvalue weighted by atomic mass is 35.5. The van der Waals surface area contributed by atoms with Gasteiger partial charge in [0.1, 0.15) is 5.69 Å². The van der Waals surface area contributed by atoms with Gasteiger partial charge in [-0.05, 0) is 25.5 Å². The normalized spacial score (nSPS) is 11.9. The Morgan fingerprint density at radius 1 is 1.39 bits per heavy atom. The van der Waals surface area contributed by atoms with Gasteiger partial charge in [-0.15, -0.1) is 0 Å². The Bertz CT molecular complexity index is 730. The smallest absolute Gasteiger partial charge is 0.243 e. The van der Waals surface area contributed by atoms with Crippen LogP contribution in [0.3, 0.4) is 0 Å². The summed E-state index contributed by atoms with van der Waals surface area (Å²) in [6.07, 6.45) is 0.675. The molecule has 1 atom stereocenters. The highest BCUT2D eigenvalue weighted by Crippen LogP contribution is 2.23. The van der Waals surface area contributed by atoms with Gasteiger partial charge in [-0.1, -0.05) is 23.7 Å². The number of carbonyl (C=O) groups is 1. The molecule has 0 saturated carbocycles. The van der Waals surface area contributed by atoms with Crippen molar-refractivity contribution in [1.29, 1.82) is 5.26 Å². The molecule has 0 spiro atoms. The fourth-order valence-electron chi connectivity index (χ4n) is 2.05. The van der Waals surface area contributed by atoms with Crippen LogP contribution in [0.5, 0.6) is 0 Å². The molecule has 2 aromatic rings. The zero-order chi connectivity index (χ0) is 16.7. The molecule has 0 aliphatic heterocycles. The minimum Gasteiger partial charge on any atom is -0.382 e. The number of amides is 1. The number of halogens is 1. The molecule has 1 heterocycles. The van der Waals surface area contributed by atoms with E-state index in [0.29, 0.717) is 37.2 Å². The summed E-state index contributed by atoms with van der Waals surface area (Å²) in [7, 11) is 0. The van der Waals surface area contributed by atoms with Crippen LogP contribution in [0.25, 0.3) is 11.0 Å². The molecule has 1 aromatic carbocycles. The molecule has 1 amide bonds. The molecule has 0 saturated heterocycles. The first-order valence-electron chi connectivity index (χ1n) is 7.34. The molecule has 1 aromatic heterocycles. The lowest BCUT2D eigenvalue weighted by Gasteiger charge is -2.11. The maximum Gasteiger partial charge on any atom is 0.243 e. The summed E-state index contributed by atoms with van der Waals surface area (Å²) in [5.74, 6) is -1.53. The summed E-state index contributed by atoms with van der Waals surface area (Å²) in [6, 6.07) is 9.11. The van der Waals surface area contributed by atoms with Crippen LogP contribution < -0.4 is 5.32 Å². The second-order valence-electron chi connectivity index (χ2n) is 4.79. The standard InChI is InChI=1S/C16H17ClN4O2/c1-2-23-9-5-8-19-16(22)11(10-18)14-15(17)21-13-7-4-3-6-12(13)20-14/h3-4,6-7,11H,2,5,8-9H2,1H3,(H,19,22)/t11-/m0/s1. The number of hydrogen-bond acceptors (Lipinski definition) is 5. The number of benzene rings is 1. The van der Waals surface area contributed by atoms with Crippen molar-refractivity contribution in [1.82, 2.24) is 15.3 Å². The van der Waals surface area contributed by atoms with Gasteiger partial charge in [-0.25, -0.2) is 9.97 Å². The summed E-state index contributed by atoms with van der Waals surface area (Å²) in [5.41, 5.74) is 1.39. The molecule has 120 valence electrons. The van der Waals surface area contributed by atoms with E-state index in [1.165, 1.54) is 0 Å². The Morgan fingerprint density at radius 2 is 2.09 bits per heavy atom. The number of nitriles is 1. The third-order valence-electron chi connectivity index (χ3n) is 3.19. The van der Waals surface area contributed by atoms with E-state index in [2.05, 4.69) is 15.3 Å². The lowest BCUT2D eigenvalue weighted by Crippen LogP contribution is -2.30. The number of ether oxygens (including phenoxy) is 1. The van der Waals surface area contributed by atoms with Gasteiger partial charge in [0.05, 0.1) is 17.1 Å². The van der Waals surface area contributed by atoms with Crippen molar-refractivity contribution < 1.29 is 9.53 Å². The number of hydrogen-bond donors (Lipinski definition) is 1. The van der Waals surface area contributed by atoms with Crippen LogP contribution in [-0.4, -0.2) is 35.6 Å². The predicted molar refractivity (Wildman–Crippen MR) is 87.0 cm³/mol. The van der Waals surface area contributed by atoms with Gasteiger partial charge in [0, 0.05) is 19.8 Å². The second-order valence-corrected chi connectivity index (χ2v) is 5.15. The lowest BCUT2D eigenvalue weighted by atomic mass is 10.1. The van der Waals surface area contributed by atoms with Gasteiger partial charge in [-0.3, -0.25) is 4.79 Å². The Labute approximate surface area is 139 Å². The first-order valence-corrected chi connectivity index (χ1v) is 7.72. The number of rotatable bonds is 7. The Balaban J connectivity index is 2.12. The first-order chi connectivity index (χ1) is 11.2. The summed E-state index contributed by atoms with van der Waals surface area (Å²) in [4.78, 5) is 20.7. The fraction of sp³-hybridized carbons (Fsp3) is 0.375. The van der Waals surface area contributed by atoms with E-state index in [9.17, 15) is 10.1 Å². The van der Waals surface area contributed by atoms with Crippen LogP contribution in [0.15, 0.2) is 24.3 Å². The Hall–Kier alpha value is -2.23. The number of para-hydroxylation sites is 2. The second kappa shape index (κ2) is 8.42. The molecule has 0 bridgehead atoms. The van der Waals surface area contributed by atoms with Gasteiger partial charge in [-0.2, -0.15) is 5.26 Å². The topological polar surface area (TPSA) is 87.9 Å². The van der Waals surface area contributed by atoms with Crippen molar-refractivity contribution in [2.75, 3.05) is 19.8 Å². The highest BCUT2D eigenvalue weighted by molar-refractivity contribution is 6.30. The third-order valence-corrected chi connectivity index (χ3v) is 3.46. The monoisotopic (exact) mass is 332 g/mol. The molecule has 23 heavy (non-hydrogen) atoms. The average molecular weight is 333 g/mol. The molecule has 7 heteroatoms. The molecule has 6 nitrogen and oxygen atoms in total. The van der Waals surface area contributed by atoms with Gasteiger partial charge in [0.2, 0.25) is 5.91 Å². The minimum absolute atomic E-state index is 0.0692. The highest BCUT2D eigenvalue weighted by Gasteiger charge is 2.25. The largest absolute Gasteiger partial charge is 0.382 e. The van der Waals surface area contributed by atoms with Crippen LogP contribution in [-0.2, 0) is 9.53 Å². The third kappa shape index (κ3) is 4.38. The van der Waals surface area contributed by atoms with E-state index in [1.54, 1.807) is 12.1 Å². The van der Waals surface area contributed by atoms with E-state index >= 15 is 0 Å². The van der Waals surface area contributed by atoms with Crippen molar-refractivity contribution in [2.24, 2.45) is 0 Å². The molecular formula is C16H17ClN4O2. The Kier molecular flexibility index (Phi) is 6.27. The van der Waals surface area contributed by atoms with Crippen molar-refractivity contribution in [3.8, 4) is 6.07 Å². The summed E-state index contributed by atoms with van der Waals surface area (Å²) in [6.45, 7) is 3.53. The SMILES string of the molecule is CCOCCCNC(=O)[C@@H](C#N)c1nc2ccccc2nc1Cl. The predicted octanol–water partition coefficient (Wildman–Crippen LogP) is 2.43. The van der Waals surface area contributed by atoms with Gasteiger partial charge >= 0.3 is 0 Å². The van der Waals surface area contributed by atoms with Gasteiger partial charge in [0.15, 0.2) is 11.1 Å². The van der Waals surface area contributed by atoms with E-state index in [-0.39, 0.29) is 10.8 Å². The van der Waals surface area contributed by atoms with Crippen LogP contribution in [0, 0.1) is 11.3 Å². The molecule has 0 unspecified atom stereocenters. The van der Waals surface area contributed by atoms with E-state index in [1.807, 2.05) is 25.1 Å². The van der Waals surface area contributed by atoms with Crippen LogP contribution >= 0.6 is 11.6 Å². The maximum atomic E-state index is 12.2. The van der Waals surface area contributed by atoms with Gasteiger partial charge in [0.25, 0.3) is 0 Å². The first kappa shape index (κ1) is 17.1. The molecule has 0 aliphatic carbocycles. The van der Waals surface area contributed by atoms with Crippen molar-refractivity contribution in [3.63, 3.8) is 0 Å². The van der Waals surface area contributed by atoms with Gasteiger partial charge < -0.3 is 10.1 Å². The zero-order valence-corrected chi connectivity index (χ0v) is 13.5. The fourth-order valence-corrected chi connectivity index (χ4v) is 2.29. The molecule has 0 radical (unpaired) electrons. The molecule has 2 rings (SSSR count). The van der Waals surface area contributed by atoms with E-state index in [4.69, 9.17) is 16.3 Å². The number of fused-ring (bicyclic) bond motifs is 1. The van der Waals surface area contributed by atoms with E-state index in [0.717, 1.165) is 0 Å². The number of nitrogens with one attached hydrogen (secondary N) is 1.